The summed E-state index contributed by atoms with van der Waals surface area (Å²) in [7, 11) is 0. The van der Waals surface area contributed by atoms with Gasteiger partial charge in [-0.05, 0) is 36.4 Å². The Bertz CT molecular complexity index is 618. The van der Waals surface area contributed by atoms with Crippen LogP contribution in [0.5, 0.6) is 5.75 Å². The minimum atomic E-state index is -0.942. The van der Waals surface area contributed by atoms with Crippen LogP contribution in [0, 0.1) is 11.8 Å². The second-order valence-electron chi connectivity index (χ2n) is 4.50. The van der Waals surface area contributed by atoms with Crippen molar-refractivity contribution in [3.05, 3.63) is 59.9 Å². The Hall–Kier alpha value is -2.54. The van der Waals surface area contributed by atoms with Crippen molar-refractivity contribution in [2.45, 2.75) is 6.10 Å². The SMILES string of the molecule is O=C(NCC(O)COc1ccc(F)cc1)c1ccc(F)nc1. The number of aliphatic hydroxyl groups is 1. The standard InChI is InChI=1S/C15H14F2N2O3/c16-11-2-4-13(5-3-11)22-9-12(20)8-19-15(21)10-1-6-14(17)18-7-10/h1-7,12,20H,8-9H2,(H,19,21). The summed E-state index contributed by atoms with van der Waals surface area (Å²) < 4.78 is 30.6. The van der Waals surface area contributed by atoms with Crippen LogP contribution >= 0.6 is 0 Å². The van der Waals surface area contributed by atoms with Crippen molar-refractivity contribution < 1.29 is 23.4 Å². The van der Waals surface area contributed by atoms with Crippen LogP contribution in [0.4, 0.5) is 8.78 Å². The van der Waals surface area contributed by atoms with Crippen LogP contribution in [-0.2, 0) is 0 Å². The van der Waals surface area contributed by atoms with E-state index in [0.717, 1.165) is 12.3 Å². The van der Waals surface area contributed by atoms with Gasteiger partial charge < -0.3 is 15.2 Å². The molecule has 22 heavy (non-hydrogen) atoms. The van der Waals surface area contributed by atoms with E-state index >= 15 is 0 Å². The van der Waals surface area contributed by atoms with Gasteiger partial charge in [0.15, 0.2) is 0 Å². The fourth-order valence-corrected chi connectivity index (χ4v) is 1.60. The third kappa shape index (κ3) is 4.78. The summed E-state index contributed by atoms with van der Waals surface area (Å²) in [6.07, 6.45) is 0.161. The lowest BCUT2D eigenvalue weighted by molar-refractivity contribution is 0.0843. The van der Waals surface area contributed by atoms with Gasteiger partial charge in [-0.2, -0.15) is 4.39 Å². The maximum absolute atomic E-state index is 12.7. The van der Waals surface area contributed by atoms with Gasteiger partial charge in [-0.3, -0.25) is 4.79 Å². The molecule has 0 aliphatic heterocycles. The number of ether oxygens (including phenoxy) is 1. The van der Waals surface area contributed by atoms with E-state index in [0.29, 0.717) is 5.75 Å². The second-order valence-corrected chi connectivity index (χ2v) is 4.50. The van der Waals surface area contributed by atoms with E-state index in [1.807, 2.05) is 0 Å². The van der Waals surface area contributed by atoms with E-state index < -0.39 is 18.0 Å². The first-order valence-corrected chi connectivity index (χ1v) is 6.51. The molecule has 0 saturated heterocycles. The molecule has 0 aliphatic carbocycles. The van der Waals surface area contributed by atoms with Crippen molar-refractivity contribution in [3.63, 3.8) is 0 Å². The first kappa shape index (κ1) is 15.8. The molecule has 0 bridgehead atoms. The molecule has 0 radical (unpaired) electrons. The number of benzene rings is 1. The number of aliphatic hydroxyl groups excluding tert-OH is 1. The molecule has 0 aliphatic rings. The number of halogens is 2. The number of hydrogen-bond donors (Lipinski definition) is 2. The van der Waals surface area contributed by atoms with Crippen molar-refractivity contribution >= 4 is 5.91 Å². The van der Waals surface area contributed by atoms with Crippen LogP contribution in [0.1, 0.15) is 10.4 Å². The summed E-state index contributed by atoms with van der Waals surface area (Å²) in [5.74, 6) is -1.12. The molecule has 5 nitrogen and oxygen atoms in total. The first-order chi connectivity index (χ1) is 10.5. The topological polar surface area (TPSA) is 71.5 Å². The first-order valence-electron chi connectivity index (χ1n) is 6.51. The Labute approximate surface area is 125 Å². The summed E-state index contributed by atoms with van der Waals surface area (Å²) in [5.41, 5.74) is 0.188. The molecule has 116 valence electrons. The fraction of sp³-hybridized carbons (Fsp3) is 0.200. The van der Waals surface area contributed by atoms with Gasteiger partial charge >= 0.3 is 0 Å². The molecule has 2 aromatic rings. The number of nitrogens with one attached hydrogen (secondary N) is 1. The molecular weight excluding hydrogens is 294 g/mol. The average Bonchev–Trinajstić information content (AvgIpc) is 2.52. The summed E-state index contributed by atoms with van der Waals surface area (Å²) in [6, 6.07) is 7.72. The van der Waals surface area contributed by atoms with Gasteiger partial charge in [0.2, 0.25) is 5.95 Å². The highest BCUT2D eigenvalue weighted by Crippen LogP contribution is 2.11. The summed E-state index contributed by atoms with van der Waals surface area (Å²) >= 11 is 0. The third-order valence-electron chi connectivity index (χ3n) is 2.74. The van der Waals surface area contributed by atoms with Crippen LogP contribution in [0.25, 0.3) is 0 Å². The number of hydrogen-bond acceptors (Lipinski definition) is 4. The van der Waals surface area contributed by atoms with E-state index in [-0.39, 0.29) is 24.5 Å². The van der Waals surface area contributed by atoms with Gasteiger partial charge in [-0.1, -0.05) is 0 Å². The zero-order valence-corrected chi connectivity index (χ0v) is 11.5. The Morgan fingerprint density at radius 1 is 1.23 bits per heavy atom. The minimum absolute atomic E-state index is 0.0442. The lowest BCUT2D eigenvalue weighted by Gasteiger charge is -2.13. The smallest absolute Gasteiger partial charge is 0.252 e. The zero-order chi connectivity index (χ0) is 15.9. The highest BCUT2D eigenvalue weighted by molar-refractivity contribution is 5.93. The highest BCUT2D eigenvalue weighted by Gasteiger charge is 2.10. The minimum Gasteiger partial charge on any atom is -0.491 e. The summed E-state index contributed by atoms with van der Waals surface area (Å²) in [4.78, 5) is 15.1. The molecule has 1 aromatic carbocycles. The Kier molecular flexibility index (Phi) is 5.37. The van der Waals surface area contributed by atoms with Crippen molar-refractivity contribution in [3.8, 4) is 5.75 Å². The van der Waals surface area contributed by atoms with E-state index in [1.165, 1.54) is 30.3 Å². The lowest BCUT2D eigenvalue weighted by Crippen LogP contribution is -2.35. The molecule has 1 aromatic heterocycles. The van der Waals surface area contributed by atoms with E-state index in [1.54, 1.807) is 0 Å². The molecule has 1 unspecified atom stereocenters. The van der Waals surface area contributed by atoms with Crippen LogP contribution in [-0.4, -0.2) is 35.3 Å². The molecule has 0 spiro atoms. The number of pyridine rings is 1. The van der Waals surface area contributed by atoms with Crippen molar-refractivity contribution in [2.24, 2.45) is 0 Å². The molecular formula is C15H14F2N2O3. The molecule has 2 N–H and O–H groups in total. The number of carbonyl (C=O) groups is 1. The number of amides is 1. The van der Waals surface area contributed by atoms with Gasteiger partial charge in [-0.25, -0.2) is 9.37 Å². The normalized spacial score (nSPS) is 11.8. The number of aromatic nitrogens is 1. The Balaban J connectivity index is 1.75. The monoisotopic (exact) mass is 308 g/mol. The van der Waals surface area contributed by atoms with Crippen LogP contribution in [0.2, 0.25) is 0 Å². The average molecular weight is 308 g/mol. The van der Waals surface area contributed by atoms with Crippen molar-refractivity contribution in [1.82, 2.24) is 10.3 Å². The van der Waals surface area contributed by atoms with Gasteiger partial charge in [0.25, 0.3) is 5.91 Å². The quantitative estimate of drug-likeness (QED) is 0.794. The third-order valence-corrected chi connectivity index (χ3v) is 2.74. The second kappa shape index (κ2) is 7.46. The Morgan fingerprint density at radius 2 is 1.95 bits per heavy atom. The molecule has 0 saturated carbocycles. The van der Waals surface area contributed by atoms with E-state index in [2.05, 4.69) is 10.3 Å². The van der Waals surface area contributed by atoms with Gasteiger partial charge in [0.05, 0.1) is 5.56 Å². The van der Waals surface area contributed by atoms with E-state index in [9.17, 15) is 18.7 Å². The predicted molar refractivity (Wildman–Crippen MR) is 74.4 cm³/mol. The maximum Gasteiger partial charge on any atom is 0.252 e. The molecule has 2 rings (SSSR count). The fourth-order valence-electron chi connectivity index (χ4n) is 1.60. The van der Waals surface area contributed by atoms with Gasteiger partial charge in [-0.15, -0.1) is 0 Å². The number of carbonyl (C=O) groups excluding carboxylic acids is 1. The highest BCUT2D eigenvalue weighted by atomic mass is 19.1. The molecule has 0 fully saturated rings. The maximum atomic E-state index is 12.7. The number of rotatable bonds is 6. The lowest BCUT2D eigenvalue weighted by atomic mass is 10.2. The van der Waals surface area contributed by atoms with Crippen LogP contribution in [0.15, 0.2) is 42.6 Å². The van der Waals surface area contributed by atoms with Gasteiger partial charge in [0.1, 0.15) is 24.3 Å². The molecule has 1 atom stereocenters. The molecule has 7 heteroatoms. The summed E-state index contributed by atoms with van der Waals surface area (Å²) in [6.45, 7) is -0.106. The van der Waals surface area contributed by atoms with Gasteiger partial charge in [0, 0.05) is 12.7 Å². The van der Waals surface area contributed by atoms with Crippen LogP contribution in [0.3, 0.4) is 0 Å². The summed E-state index contributed by atoms with van der Waals surface area (Å²) in [5, 5.41) is 12.2. The zero-order valence-electron chi connectivity index (χ0n) is 11.5. The van der Waals surface area contributed by atoms with Crippen LogP contribution < -0.4 is 10.1 Å². The van der Waals surface area contributed by atoms with Crippen molar-refractivity contribution in [2.75, 3.05) is 13.2 Å². The molecule has 1 amide bonds. The van der Waals surface area contributed by atoms with E-state index in [4.69, 9.17) is 4.74 Å². The van der Waals surface area contributed by atoms with Crippen molar-refractivity contribution in [1.29, 1.82) is 0 Å². The molecule has 1 heterocycles. The predicted octanol–water partition coefficient (Wildman–Crippen LogP) is 1.53. The largest absolute Gasteiger partial charge is 0.491 e. The Morgan fingerprint density at radius 3 is 2.59 bits per heavy atom. The number of nitrogens with zero attached hydrogens (tertiary/aromatic N) is 1.